The second kappa shape index (κ2) is 13.2. The number of aryl methyl sites for hydroxylation is 2. The molecule has 0 aliphatic rings. The van der Waals surface area contributed by atoms with Crippen LogP contribution in [0.5, 0.6) is 5.75 Å². The number of nitrogens with one attached hydrogen (secondary N) is 1. The van der Waals surface area contributed by atoms with Crippen molar-refractivity contribution in [3.05, 3.63) is 89.7 Å². The molecule has 0 spiro atoms. The number of ether oxygens (including phenoxy) is 1. The van der Waals surface area contributed by atoms with Crippen molar-refractivity contribution in [3.8, 4) is 22.8 Å². The number of aromatic nitrogens is 3. The molecule has 4 aromatic rings. The molecule has 0 aliphatic carbocycles. The first-order valence-corrected chi connectivity index (χ1v) is 12.9. The third-order valence-electron chi connectivity index (χ3n) is 5.64. The van der Waals surface area contributed by atoms with Crippen LogP contribution in [-0.2, 0) is 6.42 Å². The van der Waals surface area contributed by atoms with Crippen molar-refractivity contribution in [1.29, 1.82) is 0 Å². The molecule has 4 rings (SSSR count). The van der Waals surface area contributed by atoms with Crippen LogP contribution in [0.3, 0.4) is 0 Å². The predicted molar refractivity (Wildman–Crippen MR) is 153 cm³/mol. The summed E-state index contributed by atoms with van der Waals surface area (Å²) >= 11 is 4.83. The summed E-state index contributed by atoms with van der Waals surface area (Å²) in [7, 11) is 0. The highest BCUT2D eigenvalue weighted by molar-refractivity contribution is 7.80. The molecule has 3 N–H and O–H groups in total. The number of rotatable bonds is 7. The van der Waals surface area contributed by atoms with Gasteiger partial charge in [-0.1, -0.05) is 57.5 Å². The van der Waals surface area contributed by atoms with Crippen molar-refractivity contribution in [2.75, 3.05) is 5.32 Å². The largest absolute Gasteiger partial charge is 0.573 e. The van der Waals surface area contributed by atoms with Gasteiger partial charge in [0.1, 0.15) is 12.1 Å². The van der Waals surface area contributed by atoms with E-state index in [1.54, 1.807) is 0 Å². The molecule has 3 aromatic carbocycles. The van der Waals surface area contributed by atoms with Gasteiger partial charge in [-0.15, -0.1) is 18.3 Å². The summed E-state index contributed by atoms with van der Waals surface area (Å²) < 4.78 is 42.0. The lowest BCUT2D eigenvalue weighted by Gasteiger charge is -2.14. The monoisotopic (exact) mass is 555 g/mol. The molecular formula is C29H32F3N5OS. The van der Waals surface area contributed by atoms with E-state index >= 15 is 0 Å². The second-order valence-corrected chi connectivity index (χ2v) is 9.68. The lowest BCUT2D eigenvalue weighted by molar-refractivity contribution is -0.274. The van der Waals surface area contributed by atoms with Crippen LogP contribution < -0.4 is 15.8 Å². The van der Waals surface area contributed by atoms with Crippen LogP contribution in [0.1, 0.15) is 49.8 Å². The number of hydrogen-bond donors (Lipinski definition) is 2. The molecule has 0 bridgehead atoms. The van der Waals surface area contributed by atoms with E-state index in [1.807, 2.05) is 18.2 Å². The first-order valence-electron chi connectivity index (χ1n) is 12.5. The molecule has 0 saturated heterocycles. The van der Waals surface area contributed by atoms with Crippen LogP contribution in [0.2, 0.25) is 0 Å². The third kappa shape index (κ3) is 9.10. The van der Waals surface area contributed by atoms with Gasteiger partial charge in [0, 0.05) is 11.3 Å². The van der Waals surface area contributed by atoms with E-state index in [1.165, 1.54) is 52.0 Å². The van der Waals surface area contributed by atoms with Crippen molar-refractivity contribution < 1.29 is 17.9 Å². The van der Waals surface area contributed by atoms with Crippen LogP contribution in [-0.4, -0.2) is 26.2 Å². The van der Waals surface area contributed by atoms with E-state index in [0.717, 1.165) is 24.1 Å². The van der Waals surface area contributed by atoms with Gasteiger partial charge in [-0.25, -0.2) is 9.67 Å². The van der Waals surface area contributed by atoms with E-state index < -0.39 is 6.36 Å². The molecule has 10 heteroatoms. The van der Waals surface area contributed by atoms with Gasteiger partial charge < -0.3 is 15.8 Å². The second-order valence-electron chi connectivity index (χ2n) is 9.24. The summed E-state index contributed by atoms with van der Waals surface area (Å²) in [5.74, 6) is 0.755. The van der Waals surface area contributed by atoms with Gasteiger partial charge in [0.05, 0.1) is 5.69 Å². The number of halogens is 3. The number of alkyl halides is 3. The van der Waals surface area contributed by atoms with E-state index in [4.69, 9.17) is 18.0 Å². The molecule has 39 heavy (non-hydrogen) atoms. The van der Waals surface area contributed by atoms with Gasteiger partial charge in [0.2, 0.25) is 0 Å². The molecule has 1 aromatic heterocycles. The third-order valence-corrected chi connectivity index (χ3v) is 5.74. The molecular weight excluding hydrogens is 523 g/mol. The van der Waals surface area contributed by atoms with Crippen LogP contribution in [0, 0.1) is 6.92 Å². The van der Waals surface area contributed by atoms with Crippen LogP contribution in [0.15, 0.2) is 73.1 Å². The quantitative estimate of drug-likeness (QED) is 0.229. The minimum absolute atomic E-state index is 0.274. The Morgan fingerprint density at radius 1 is 1.08 bits per heavy atom. The number of nitrogens with zero attached hydrogens (tertiary/aromatic N) is 3. The van der Waals surface area contributed by atoms with Crippen molar-refractivity contribution >= 4 is 23.0 Å². The van der Waals surface area contributed by atoms with Gasteiger partial charge in [0.15, 0.2) is 10.9 Å². The molecule has 0 aliphatic heterocycles. The average Bonchev–Trinajstić information content (AvgIpc) is 3.34. The van der Waals surface area contributed by atoms with E-state index in [9.17, 15) is 13.2 Å². The summed E-state index contributed by atoms with van der Waals surface area (Å²) in [4.78, 5) is 4.29. The topological polar surface area (TPSA) is 78.0 Å². The lowest BCUT2D eigenvalue weighted by Crippen LogP contribution is -2.20. The Kier molecular flexibility index (Phi) is 10.1. The summed E-state index contributed by atoms with van der Waals surface area (Å²) in [6, 6.07) is 19.7. The Bertz CT molecular complexity index is 1380. The van der Waals surface area contributed by atoms with Crippen LogP contribution in [0.25, 0.3) is 17.1 Å². The molecule has 0 saturated carbocycles. The Morgan fingerprint density at radius 3 is 2.41 bits per heavy atom. The number of benzene rings is 3. The zero-order valence-corrected chi connectivity index (χ0v) is 23.1. The number of hydrogen-bond acceptors (Lipinski definition) is 4. The fraction of sp³-hybridized carbons (Fsp3) is 0.276. The van der Waals surface area contributed by atoms with Gasteiger partial charge in [-0.05, 0) is 84.6 Å². The Hall–Kier alpha value is -3.92. The van der Waals surface area contributed by atoms with Crippen molar-refractivity contribution in [1.82, 2.24) is 14.8 Å². The first kappa shape index (κ1) is 29.6. The lowest BCUT2D eigenvalue weighted by atomic mass is 9.99. The van der Waals surface area contributed by atoms with E-state index in [0.29, 0.717) is 22.5 Å². The Labute approximate surface area is 232 Å². The van der Waals surface area contributed by atoms with E-state index in [2.05, 4.69) is 72.1 Å². The molecule has 1 heterocycles. The number of nitrogens with two attached hydrogens (primary N) is 1. The zero-order chi connectivity index (χ0) is 28.6. The maximum Gasteiger partial charge on any atom is 0.573 e. The highest BCUT2D eigenvalue weighted by Crippen LogP contribution is 2.26. The maximum absolute atomic E-state index is 12.2. The first-order chi connectivity index (χ1) is 18.4. The van der Waals surface area contributed by atoms with Gasteiger partial charge in [-0.2, -0.15) is 0 Å². The van der Waals surface area contributed by atoms with Crippen molar-refractivity contribution in [2.45, 2.75) is 52.8 Å². The summed E-state index contributed by atoms with van der Waals surface area (Å²) in [6.45, 7) is 8.46. The molecule has 0 radical (unpaired) electrons. The molecule has 0 unspecified atom stereocenters. The number of thiocarbonyl (C=S) groups is 1. The molecule has 0 amide bonds. The fourth-order valence-corrected chi connectivity index (χ4v) is 4.00. The van der Waals surface area contributed by atoms with E-state index in [-0.39, 0.29) is 5.75 Å². The van der Waals surface area contributed by atoms with Crippen LogP contribution >= 0.6 is 12.2 Å². The van der Waals surface area contributed by atoms with Crippen molar-refractivity contribution in [2.24, 2.45) is 5.73 Å². The molecule has 0 atom stereocenters. The molecule has 6 nitrogen and oxygen atoms in total. The highest BCUT2D eigenvalue weighted by Gasteiger charge is 2.31. The fourth-order valence-electron chi connectivity index (χ4n) is 3.89. The SMILES string of the molecule is CCCc1cccc(-c2ncn(-c3ccc(OC(F)(F)F)cc3)n2)c1.Cc1ccc(C(C)C)c(NC(N)=S)c1. The maximum atomic E-state index is 12.2. The molecule has 206 valence electrons. The van der Waals surface area contributed by atoms with Gasteiger partial charge in [-0.3, -0.25) is 0 Å². The Morgan fingerprint density at radius 2 is 1.79 bits per heavy atom. The normalized spacial score (nSPS) is 11.1. The highest BCUT2D eigenvalue weighted by atomic mass is 32.1. The van der Waals surface area contributed by atoms with Gasteiger partial charge >= 0.3 is 6.36 Å². The Balaban J connectivity index is 0.000000255. The minimum atomic E-state index is -4.70. The smallest absolute Gasteiger partial charge is 0.406 e. The average molecular weight is 556 g/mol. The standard InChI is InChI=1S/C18H16F3N3O.C11H16N2S/c1-2-4-13-5-3-6-14(11-13)17-22-12-24(23-17)15-7-9-16(10-8-15)25-18(19,20)21;1-7(2)9-5-4-8(3)6-10(9)13-11(12)14/h3,5-12H,2,4H2,1H3;4-7H,1-3H3,(H3,12,13,14). The summed E-state index contributed by atoms with van der Waals surface area (Å²) in [5, 5.41) is 7.72. The summed E-state index contributed by atoms with van der Waals surface area (Å²) in [6.07, 6.45) is -1.14. The summed E-state index contributed by atoms with van der Waals surface area (Å²) in [5.41, 5.74) is 11.6. The number of anilines is 1. The minimum Gasteiger partial charge on any atom is -0.406 e. The predicted octanol–water partition coefficient (Wildman–Crippen LogP) is 7.56. The van der Waals surface area contributed by atoms with Crippen molar-refractivity contribution in [3.63, 3.8) is 0 Å². The zero-order valence-electron chi connectivity index (χ0n) is 22.3. The van der Waals surface area contributed by atoms with Crippen LogP contribution in [0.4, 0.5) is 18.9 Å². The van der Waals surface area contributed by atoms with Gasteiger partial charge in [0.25, 0.3) is 0 Å². The molecule has 0 fully saturated rings.